The van der Waals surface area contributed by atoms with Crippen LogP contribution in [0.15, 0.2) is 12.3 Å². The quantitative estimate of drug-likeness (QED) is 0.880. The number of rotatable bonds is 4. The van der Waals surface area contributed by atoms with E-state index >= 15 is 0 Å². The summed E-state index contributed by atoms with van der Waals surface area (Å²) < 4.78 is 5.03. The summed E-state index contributed by atoms with van der Waals surface area (Å²) in [5.41, 5.74) is 0.397. The van der Waals surface area contributed by atoms with E-state index in [9.17, 15) is 9.59 Å². The fourth-order valence-corrected chi connectivity index (χ4v) is 3.44. The highest BCUT2D eigenvalue weighted by Crippen LogP contribution is 2.18. The van der Waals surface area contributed by atoms with Gasteiger partial charge in [0.15, 0.2) is 0 Å². The van der Waals surface area contributed by atoms with Gasteiger partial charge in [-0.05, 0) is 25.8 Å². The molecule has 0 spiro atoms. The third kappa shape index (κ3) is 4.62. The Kier molecular flexibility index (Phi) is 6.25. The fourth-order valence-electron chi connectivity index (χ4n) is 3.44. The molecule has 2 heterocycles. The number of carbonyl (C=O) groups excluding carboxylic acids is 2. The Morgan fingerprint density at radius 1 is 1.19 bits per heavy atom. The molecule has 1 N–H and O–H groups in total. The first kappa shape index (κ1) is 18.4. The molecule has 2 amide bonds. The SMILES string of the molecule is CCOC(=O)N1CCN(c2nccc(C(=O)NC3CCCCC3)n2)CC1. The van der Waals surface area contributed by atoms with Gasteiger partial charge < -0.3 is 19.9 Å². The van der Waals surface area contributed by atoms with E-state index in [1.54, 1.807) is 24.1 Å². The standard InChI is InChI=1S/C18H27N5O3/c1-2-26-18(25)23-12-10-22(11-13-23)17-19-9-8-15(21-17)16(24)20-14-6-4-3-5-7-14/h8-9,14H,2-7,10-13H2,1H3,(H,20,24). The number of anilines is 1. The first-order chi connectivity index (χ1) is 12.7. The lowest BCUT2D eigenvalue weighted by atomic mass is 9.95. The highest BCUT2D eigenvalue weighted by molar-refractivity contribution is 5.92. The minimum absolute atomic E-state index is 0.134. The largest absolute Gasteiger partial charge is 0.450 e. The first-order valence-electron chi connectivity index (χ1n) is 9.48. The average Bonchev–Trinajstić information content (AvgIpc) is 2.69. The molecule has 0 bridgehead atoms. The van der Waals surface area contributed by atoms with Gasteiger partial charge in [0.25, 0.3) is 5.91 Å². The summed E-state index contributed by atoms with van der Waals surface area (Å²) in [6.45, 7) is 4.52. The van der Waals surface area contributed by atoms with E-state index in [1.807, 2.05) is 4.90 Å². The minimum Gasteiger partial charge on any atom is -0.450 e. The number of hydrogen-bond acceptors (Lipinski definition) is 6. The lowest BCUT2D eigenvalue weighted by Gasteiger charge is -2.34. The van der Waals surface area contributed by atoms with Crippen molar-refractivity contribution in [2.24, 2.45) is 0 Å². The lowest BCUT2D eigenvalue weighted by molar-refractivity contribution is 0.0922. The maximum absolute atomic E-state index is 12.5. The molecule has 1 aromatic heterocycles. The monoisotopic (exact) mass is 361 g/mol. The van der Waals surface area contributed by atoms with Gasteiger partial charge in [0.1, 0.15) is 5.69 Å². The van der Waals surface area contributed by atoms with Crippen LogP contribution in [-0.2, 0) is 4.74 Å². The van der Waals surface area contributed by atoms with Crippen molar-refractivity contribution in [3.05, 3.63) is 18.0 Å². The third-order valence-electron chi connectivity index (χ3n) is 4.90. The van der Waals surface area contributed by atoms with Gasteiger partial charge in [-0.2, -0.15) is 0 Å². The zero-order valence-electron chi connectivity index (χ0n) is 15.3. The van der Waals surface area contributed by atoms with Crippen molar-refractivity contribution in [2.45, 2.75) is 45.1 Å². The normalized spacial score (nSPS) is 18.5. The summed E-state index contributed by atoms with van der Waals surface area (Å²) >= 11 is 0. The second-order valence-corrected chi connectivity index (χ2v) is 6.72. The molecule has 8 heteroatoms. The van der Waals surface area contributed by atoms with Crippen LogP contribution < -0.4 is 10.2 Å². The van der Waals surface area contributed by atoms with E-state index in [0.717, 1.165) is 12.8 Å². The molecular formula is C18H27N5O3. The van der Waals surface area contributed by atoms with Gasteiger partial charge in [-0.3, -0.25) is 4.79 Å². The van der Waals surface area contributed by atoms with E-state index in [4.69, 9.17) is 4.74 Å². The molecule has 2 fully saturated rings. The summed E-state index contributed by atoms with van der Waals surface area (Å²) in [7, 11) is 0. The summed E-state index contributed by atoms with van der Waals surface area (Å²) in [4.78, 5) is 36.7. The molecule has 26 heavy (non-hydrogen) atoms. The van der Waals surface area contributed by atoms with E-state index in [-0.39, 0.29) is 18.0 Å². The molecule has 142 valence electrons. The molecule has 1 saturated heterocycles. The Hall–Kier alpha value is -2.38. The van der Waals surface area contributed by atoms with Gasteiger partial charge in [-0.25, -0.2) is 14.8 Å². The minimum atomic E-state index is -0.284. The number of amides is 2. The Morgan fingerprint density at radius 3 is 2.62 bits per heavy atom. The molecule has 1 aromatic rings. The molecule has 8 nitrogen and oxygen atoms in total. The topological polar surface area (TPSA) is 87.7 Å². The molecule has 1 saturated carbocycles. The fraction of sp³-hybridized carbons (Fsp3) is 0.667. The van der Waals surface area contributed by atoms with Gasteiger partial charge in [0.2, 0.25) is 5.95 Å². The van der Waals surface area contributed by atoms with Crippen LogP contribution in [-0.4, -0.2) is 65.7 Å². The number of ether oxygens (including phenoxy) is 1. The lowest BCUT2D eigenvalue weighted by Crippen LogP contribution is -2.49. The zero-order valence-corrected chi connectivity index (χ0v) is 15.3. The smallest absolute Gasteiger partial charge is 0.409 e. The van der Waals surface area contributed by atoms with Gasteiger partial charge >= 0.3 is 6.09 Å². The number of piperazine rings is 1. The van der Waals surface area contributed by atoms with E-state index in [2.05, 4.69) is 15.3 Å². The molecule has 1 aliphatic carbocycles. The Balaban J connectivity index is 1.57. The Bertz CT molecular complexity index is 625. The van der Waals surface area contributed by atoms with Crippen molar-refractivity contribution in [1.29, 1.82) is 0 Å². The van der Waals surface area contributed by atoms with Crippen molar-refractivity contribution in [2.75, 3.05) is 37.7 Å². The molecule has 2 aliphatic rings. The van der Waals surface area contributed by atoms with E-state index in [1.165, 1.54) is 19.3 Å². The van der Waals surface area contributed by atoms with Crippen LogP contribution in [0, 0.1) is 0 Å². The summed E-state index contributed by atoms with van der Waals surface area (Å²) in [6.07, 6.45) is 7.01. The summed E-state index contributed by atoms with van der Waals surface area (Å²) in [5, 5.41) is 3.08. The number of nitrogens with one attached hydrogen (secondary N) is 1. The van der Waals surface area contributed by atoms with Crippen LogP contribution in [0.3, 0.4) is 0 Å². The van der Waals surface area contributed by atoms with Crippen LogP contribution in [0.1, 0.15) is 49.5 Å². The average molecular weight is 361 g/mol. The maximum Gasteiger partial charge on any atom is 0.409 e. The summed E-state index contributed by atoms with van der Waals surface area (Å²) in [6, 6.07) is 1.90. The summed E-state index contributed by atoms with van der Waals surface area (Å²) in [5.74, 6) is 0.399. The molecule has 0 aromatic carbocycles. The van der Waals surface area contributed by atoms with Crippen LogP contribution in [0.2, 0.25) is 0 Å². The third-order valence-corrected chi connectivity index (χ3v) is 4.90. The molecule has 3 rings (SSSR count). The number of nitrogens with zero attached hydrogens (tertiary/aromatic N) is 4. The Morgan fingerprint density at radius 2 is 1.92 bits per heavy atom. The van der Waals surface area contributed by atoms with Crippen molar-refractivity contribution in [3.8, 4) is 0 Å². The van der Waals surface area contributed by atoms with Crippen molar-refractivity contribution < 1.29 is 14.3 Å². The highest BCUT2D eigenvalue weighted by atomic mass is 16.6. The second kappa shape index (κ2) is 8.82. The van der Waals surface area contributed by atoms with E-state index in [0.29, 0.717) is 44.4 Å². The van der Waals surface area contributed by atoms with Crippen molar-refractivity contribution in [1.82, 2.24) is 20.2 Å². The first-order valence-corrected chi connectivity index (χ1v) is 9.48. The predicted molar refractivity (Wildman–Crippen MR) is 97.2 cm³/mol. The van der Waals surface area contributed by atoms with Crippen molar-refractivity contribution >= 4 is 17.9 Å². The molecule has 1 aliphatic heterocycles. The zero-order chi connectivity index (χ0) is 18.4. The molecule has 0 radical (unpaired) electrons. The number of hydrogen-bond donors (Lipinski definition) is 1. The molecule has 0 atom stereocenters. The van der Waals surface area contributed by atoms with Crippen molar-refractivity contribution in [3.63, 3.8) is 0 Å². The highest BCUT2D eigenvalue weighted by Gasteiger charge is 2.24. The van der Waals surface area contributed by atoms with Crippen LogP contribution in [0.5, 0.6) is 0 Å². The second-order valence-electron chi connectivity index (χ2n) is 6.72. The van der Waals surface area contributed by atoms with Gasteiger partial charge in [-0.1, -0.05) is 19.3 Å². The van der Waals surface area contributed by atoms with Crippen LogP contribution in [0.25, 0.3) is 0 Å². The maximum atomic E-state index is 12.5. The predicted octanol–water partition coefficient (Wildman–Crippen LogP) is 1.82. The van der Waals surface area contributed by atoms with Gasteiger partial charge in [-0.15, -0.1) is 0 Å². The van der Waals surface area contributed by atoms with E-state index < -0.39 is 0 Å². The number of carbonyl (C=O) groups is 2. The Labute approximate surface area is 153 Å². The van der Waals surface area contributed by atoms with Crippen LogP contribution >= 0.6 is 0 Å². The van der Waals surface area contributed by atoms with Gasteiger partial charge in [0, 0.05) is 38.4 Å². The van der Waals surface area contributed by atoms with Crippen LogP contribution in [0.4, 0.5) is 10.7 Å². The number of aromatic nitrogens is 2. The molecular weight excluding hydrogens is 334 g/mol. The van der Waals surface area contributed by atoms with Gasteiger partial charge in [0.05, 0.1) is 6.61 Å². The molecule has 0 unspecified atom stereocenters.